The summed E-state index contributed by atoms with van der Waals surface area (Å²) in [7, 11) is 0. The fraction of sp³-hybridized carbons (Fsp3) is 0.615. The molecule has 0 aliphatic heterocycles. The summed E-state index contributed by atoms with van der Waals surface area (Å²) in [5, 5.41) is 4.41. The van der Waals surface area contributed by atoms with Crippen LogP contribution in [-0.2, 0) is 0 Å². The molecule has 1 aliphatic rings. The van der Waals surface area contributed by atoms with Crippen LogP contribution in [0.5, 0.6) is 0 Å². The van der Waals surface area contributed by atoms with Gasteiger partial charge in [0.2, 0.25) is 0 Å². The lowest BCUT2D eigenvalue weighted by molar-refractivity contribution is 0.671. The van der Waals surface area contributed by atoms with Gasteiger partial charge in [0.15, 0.2) is 13.1 Å². The first-order valence-electron chi connectivity index (χ1n) is 11.8. The summed E-state index contributed by atoms with van der Waals surface area (Å²) >= 11 is 0.191. The molecule has 0 aromatic heterocycles. The van der Waals surface area contributed by atoms with E-state index in [1.165, 1.54) is 59.3 Å². The van der Waals surface area contributed by atoms with Gasteiger partial charge in [0.1, 0.15) is 0 Å². The van der Waals surface area contributed by atoms with Crippen LogP contribution in [0.1, 0.15) is 73.1 Å². The molecule has 0 radical (unpaired) electrons. The lowest BCUT2D eigenvalue weighted by Gasteiger charge is -2.42. The summed E-state index contributed by atoms with van der Waals surface area (Å²) in [4.78, 5) is 1.43. The van der Waals surface area contributed by atoms with Crippen LogP contribution >= 0.6 is 11.8 Å². The molecule has 0 saturated carbocycles. The van der Waals surface area contributed by atoms with E-state index in [4.69, 9.17) is 0 Å². The highest BCUT2D eigenvalue weighted by molar-refractivity contribution is 8.05. The second-order valence-corrected chi connectivity index (χ2v) is 16.5. The molecule has 0 N–H and O–H groups in total. The largest absolute Gasteiger partial charge is 0.195 e. The highest BCUT2D eigenvalue weighted by Crippen LogP contribution is 2.45. The maximum absolute atomic E-state index is 2.68. The fourth-order valence-corrected chi connectivity index (χ4v) is 15.1. The minimum absolute atomic E-state index is 0.792. The van der Waals surface area contributed by atoms with E-state index in [-0.39, 0.29) is 0 Å². The molecule has 0 atom stereocenters. The summed E-state index contributed by atoms with van der Waals surface area (Å²) in [6, 6.07) is 11.2. The topological polar surface area (TPSA) is 0 Å². The molecule has 1 aromatic carbocycles. The zero-order valence-electron chi connectivity index (χ0n) is 19.0. The minimum atomic E-state index is -1.93. The molecule has 2 rings (SSSR count). The van der Waals surface area contributed by atoms with Gasteiger partial charge in [-0.1, -0.05) is 95.2 Å². The van der Waals surface area contributed by atoms with Gasteiger partial charge in [-0.3, -0.25) is 0 Å². The van der Waals surface area contributed by atoms with Gasteiger partial charge >= 0.3 is 0 Å². The first-order chi connectivity index (χ1) is 13.4. The van der Waals surface area contributed by atoms with E-state index < -0.39 is 13.1 Å². The van der Waals surface area contributed by atoms with Gasteiger partial charge in [-0.15, -0.1) is 11.8 Å². The standard InChI is InChI=1S/C14H15S.3C4H9.Al/c1-3-7-13(8-4-1)11-12-15-14-9-5-2-6-10-14;2*1-4(2)3;1-3-4-2;/h2,5-7,9-11H,1,3-4,8H2;2*4H,1H2,2-3H3;1,3-4H2,2H3;/q;;;;-1. The Balaban J connectivity index is 2.50. The van der Waals surface area contributed by atoms with Gasteiger partial charge in [0, 0.05) is 4.90 Å². The molecule has 28 heavy (non-hydrogen) atoms. The Morgan fingerprint density at radius 2 is 1.71 bits per heavy atom. The maximum atomic E-state index is 2.68. The average Bonchev–Trinajstić information content (AvgIpc) is 2.66. The van der Waals surface area contributed by atoms with Crippen molar-refractivity contribution in [3.63, 3.8) is 0 Å². The molecule has 0 nitrogen and oxygen atoms in total. The van der Waals surface area contributed by atoms with E-state index in [9.17, 15) is 0 Å². The first kappa shape index (κ1) is 23.9. The molecule has 0 saturated heterocycles. The number of benzene rings is 1. The highest BCUT2D eigenvalue weighted by atomic mass is 32.2. The van der Waals surface area contributed by atoms with Crippen molar-refractivity contribution in [2.75, 3.05) is 0 Å². The lowest BCUT2D eigenvalue weighted by atomic mass is 10.00. The quantitative estimate of drug-likeness (QED) is 0.257. The van der Waals surface area contributed by atoms with Crippen molar-refractivity contribution in [1.29, 1.82) is 0 Å². The monoisotopic (exact) mass is 413 g/mol. The van der Waals surface area contributed by atoms with Crippen molar-refractivity contribution in [1.82, 2.24) is 0 Å². The first-order valence-corrected chi connectivity index (χ1v) is 15.6. The normalized spacial score (nSPS) is 16.0. The van der Waals surface area contributed by atoms with Gasteiger partial charge in [-0.25, -0.2) is 0 Å². The van der Waals surface area contributed by atoms with Crippen LogP contribution in [0.2, 0.25) is 15.8 Å². The Morgan fingerprint density at radius 3 is 2.25 bits per heavy atom. The smallest absolute Gasteiger partial charge is 0.177 e. The van der Waals surface area contributed by atoms with Crippen LogP contribution in [-0.4, -0.2) is 13.1 Å². The Bertz CT molecular complexity index is 617. The molecule has 2 heteroatoms. The lowest BCUT2D eigenvalue weighted by Crippen LogP contribution is -2.39. The van der Waals surface area contributed by atoms with E-state index in [1.54, 1.807) is 9.34 Å². The Labute approximate surface area is 182 Å². The second-order valence-electron chi connectivity index (χ2n) is 9.87. The molecular weight excluding hydrogens is 371 g/mol. The summed E-state index contributed by atoms with van der Waals surface area (Å²) in [5.41, 5.74) is 1.62. The molecule has 0 bridgehead atoms. The van der Waals surface area contributed by atoms with E-state index >= 15 is 0 Å². The van der Waals surface area contributed by atoms with Crippen LogP contribution in [0.15, 0.2) is 56.7 Å². The summed E-state index contributed by atoms with van der Waals surface area (Å²) in [6.07, 6.45) is 13.2. The third kappa shape index (κ3) is 7.78. The van der Waals surface area contributed by atoms with Gasteiger partial charge in [0.25, 0.3) is 0 Å². The number of unbranched alkanes of at least 4 members (excludes halogenated alkanes) is 1. The molecular formula is C26H42AlS-. The van der Waals surface area contributed by atoms with Gasteiger partial charge in [-0.2, -0.15) is 19.6 Å². The molecule has 0 unspecified atom stereocenters. The van der Waals surface area contributed by atoms with Crippen LogP contribution in [0.25, 0.3) is 0 Å². The van der Waals surface area contributed by atoms with E-state index in [0.29, 0.717) is 0 Å². The third-order valence-electron chi connectivity index (χ3n) is 6.19. The number of hydrogen-bond donors (Lipinski definition) is 0. The van der Waals surface area contributed by atoms with Gasteiger partial charge in [-0.05, 0) is 37.8 Å². The average molecular weight is 414 g/mol. The zero-order chi connectivity index (χ0) is 20.4. The van der Waals surface area contributed by atoms with Gasteiger partial charge < -0.3 is 0 Å². The Kier molecular flexibility index (Phi) is 10.5. The summed E-state index contributed by atoms with van der Waals surface area (Å²) in [5.74, 6) is 1.58. The number of rotatable bonds is 11. The number of allylic oxidation sites excluding steroid dienone is 3. The summed E-state index contributed by atoms with van der Waals surface area (Å²) in [6.45, 7) is 12.2. The van der Waals surface area contributed by atoms with Crippen molar-refractivity contribution >= 4 is 24.8 Å². The second kappa shape index (κ2) is 12.3. The Hall–Kier alpha value is -0.418. The van der Waals surface area contributed by atoms with Crippen molar-refractivity contribution in [2.24, 2.45) is 11.8 Å². The van der Waals surface area contributed by atoms with Crippen molar-refractivity contribution in [3.8, 4) is 0 Å². The number of thioether (sulfide) groups is 1. The van der Waals surface area contributed by atoms with Crippen LogP contribution in [0.4, 0.5) is 0 Å². The molecule has 0 spiro atoms. The van der Waals surface area contributed by atoms with E-state index in [1.807, 2.05) is 0 Å². The fourth-order valence-electron chi connectivity index (χ4n) is 5.24. The van der Waals surface area contributed by atoms with Crippen molar-refractivity contribution in [2.45, 2.75) is 93.9 Å². The SMILES string of the molecule is CCC[CH2][Al-]([CH2]C(C)C)([CH2]C(C)C)/[C](=C\C1=CCCCC1)Sc1ccccc1. The van der Waals surface area contributed by atoms with Gasteiger partial charge in [0.05, 0.1) is 0 Å². The van der Waals surface area contributed by atoms with Crippen LogP contribution in [0.3, 0.4) is 0 Å². The predicted octanol–water partition coefficient (Wildman–Crippen LogP) is 9.26. The minimum Gasteiger partial charge on any atom is -0.195 e. The Morgan fingerprint density at radius 1 is 1.04 bits per heavy atom. The molecule has 0 fully saturated rings. The molecule has 1 aromatic rings. The molecule has 0 amide bonds. The summed E-state index contributed by atoms with van der Waals surface area (Å²) < 4.78 is 1.79. The van der Waals surface area contributed by atoms with Crippen molar-refractivity contribution in [3.05, 3.63) is 51.8 Å². The number of hydrogen-bond acceptors (Lipinski definition) is 1. The highest BCUT2D eigenvalue weighted by Gasteiger charge is 2.34. The molecule has 0 heterocycles. The van der Waals surface area contributed by atoms with E-state index in [2.05, 4.69) is 88.9 Å². The maximum Gasteiger partial charge on any atom is 0.177 e. The van der Waals surface area contributed by atoms with Crippen molar-refractivity contribution < 1.29 is 0 Å². The molecule has 1 aliphatic carbocycles. The van der Waals surface area contributed by atoms with Crippen LogP contribution in [0, 0.1) is 11.8 Å². The zero-order valence-corrected chi connectivity index (χ0v) is 21.0. The predicted molar refractivity (Wildman–Crippen MR) is 132 cm³/mol. The van der Waals surface area contributed by atoms with E-state index in [0.717, 1.165) is 11.8 Å². The third-order valence-corrected chi connectivity index (χ3v) is 15.5. The van der Waals surface area contributed by atoms with Crippen LogP contribution < -0.4 is 0 Å². The molecule has 156 valence electrons.